The van der Waals surface area contributed by atoms with E-state index in [0.717, 1.165) is 57.8 Å². The number of hydrogen-bond acceptors (Lipinski definition) is 3. The van der Waals surface area contributed by atoms with Gasteiger partial charge >= 0.3 is 0 Å². The van der Waals surface area contributed by atoms with Crippen LogP contribution in [0.1, 0.15) is 168 Å². The quantitative estimate of drug-likeness (QED) is 0.0603. The van der Waals surface area contributed by atoms with Crippen molar-refractivity contribution in [1.82, 2.24) is 5.32 Å². The van der Waals surface area contributed by atoms with Crippen molar-refractivity contribution in [2.24, 2.45) is 0 Å². The van der Waals surface area contributed by atoms with E-state index in [0.29, 0.717) is 12.8 Å². The lowest BCUT2D eigenvalue weighted by atomic mass is 10.0. The van der Waals surface area contributed by atoms with E-state index in [1.807, 2.05) is 0 Å². The predicted molar refractivity (Wildman–Crippen MR) is 175 cm³/mol. The second-order valence-electron chi connectivity index (χ2n) is 11.6. The fourth-order valence-corrected chi connectivity index (χ4v) is 5.02. The Labute approximate surface area is 249 Å². The zero-order chi connectivity index (χ0) is 29.4. The first kappa shape index (κ1) is 38.6. The normalized spacial score (nSPS) is 13.6. The number of aliphatic hydroxyl groups is 2. The second kappa shape index (κ2) is 32.1. The number of carbonyl (C=O) groups is 1. The molecule has 0 rings (SSSR count). The lowest BCUT2D eigenvalue weighted by Crippen LogP contribution is -2.45. The Bertz CT molecular complexity index is 613. The van der Waals surface area contributed by atoms with Crippen LogP contribution in [-0.2, 0) is 4.79 Å². The Balaban J connectivity index is 3.63. The molecule has 4 nitrogen and oxygen atoms in total. The number of nitrogens with one attached hydrogen (secondary N) is 1. The number of rotatable bonds is 30. The number of allylic oxidation sites excluding steroid dienone is 6. The molecule has 0 fully saturated rings. The summed E-state index contributed by atoms with van der Waals surface area (Å²) >= 11 is 0. The van der Waals surface area contributed by atoms with E-state index in [1.165, 1.54) is 83.5 Å². The number of unbranched alkanes of at least 4 members (excludes halogenated alkanes) is 17. The van der Waals surface area contributed by atoms with Crippen molar-refractivity contribution in [2.75, 3.05) is 6.61 Å². The Morgan fingerprint density at radius 1 is 0.625 bits per heavy atom. The number of carbonyl (C=O) groups excluding carboxylic acids is 1. The zero-order valence-electron chi connectivity index (χ0n) is 26.6. The molecule has 0 spiro atoms. The van der Waals surface area contributed by atoms with Crippen LogP contribution < -0.4 is 5.32 Å². The van der Waals surface area contributed by atoms with E-state index in [2.05, 4.69) is 55.6 Å². The van der Waals surface area contributed by atoms with Gasteiger partial charge in [0.05, 0.1) is 18.8 Å². The van der Waals surface area contributed by atoms with Gasteiger partial charge in [-0.3, -0.25) is 4.79 Å². The summed E-state index contributed by atoms with van der Waals surface area (Å²) < 4.78 is 0. The number of aliphatic hydroxyl groups excluding tert-OH is 2. The second-order valence-corrected chi connectivity index (χ2v) is 11.6. The van der Waals surface area contributed by atoms with Crippen molar-refractivity contribution >= 4 is 5.91 Å². The number of amides is 1. The molecule has 2 atom stereocenters. The van der Waals surface area contributed by atoms with Crippen LogP contribution >= 0.6 is 0 Å². The highest BCUT2D eigenvalue weighted by molar-refractivity contribution is 5.76. The van der Waals surface area contributed by atoms with Gasteiger partial charge in [0, 0.05) is 6.42 Å². The highest BCUT2D eigenvalue weighted by Gasteiger charge is 2.19. The average Bonchev–Trinajstić information content (AvgIpc) is 2.96. The Kier molecular flexibility index (Phi) is 31.0. The molecule has 0 aliphatic heterocycles. The molecule has 0 aliphatic carbocycles. The average molecular weight is 562 g/mol. The van der Waals surface area contributed by atoms with Crippen LogP contribution in [0, 0.1) is 0 Å². The van der Waals surface area contributed by atoms with Crippen molar-refractivity contribution in [3.05, 3.63) is 36.5 Å². The van der Waals surface area contributed by atoms with Crippen LogP contribution in [0.25, 0.3) is 0 Å². The lowest BCUT2D eigenvalue weighted by molar-refractivity contribution is -0.123. The van der Waals surface area contributed by atoms with Crippen LogP contribution in [0.4, 0.5) is 0 Å². The van der Waals surface area contributed by atoms with E-state index in [9.17, 15) is 15.0 Å². The van der Waals surface area contributed by atoms with Gasteiger partial charge in [-0.1, -0.05) is 153 Å². The summed E-state index contributed by atoms with van der Waals surface area (Å²) in [6, 6.07) is -0.542. The molecule has 3 N–H and O–H groups in total. The number of hydrogen-bond donors (Lipinski definition) is 3. The third-order valence-electron chi connectivity index (χ3n) is 7.67. The third kappa shape index (κ3) is 28.1. The van der Waals surface area contributed by atoms with E-state index in [-0.39, 0.29) is 12.5 Å². The summed E-state index contributed by atoms with van der Waals surface area (Å²) in [5.74, 6) is -0.0513. The third-order valence-corrected chi connectivity index (χ3v) is 7.67. The molecule has 0 heterocycles. The summed E-state index contributed by atoms with van der Waals surface area (Å²) in [6.45, 7) is 4.22. The molecule has 0 radical (unpaired) electrons. The van der Waals surface area contributed by atoms with Crippen molar-refractivity contribution in [2.45, 2.75) is 180 Å². The standard InChI is InChI=1S/C36H67NO3/c1-3-5-7-9-11-13-15-17-18-20-22-24-26-28-30-32-36(40)37-34(33-38)35(39)31-29-27-25-23-21-19-16-14-12-10-8-6-4-2/h5,7,11,13,17-18,34-35,38-39H,3-4,6,8-10,12,14-16,19-33H2,1-2H3,(H,37,40)/t34-,35+/m0/s1. The first-order valence-electron chi connectivity index (χ1n) is 17.2. The fraction of sp³-hybridized carbons (Fsp3) is 0.806. The van der Waals surface area contributed by atoms with Crippen LogP contribution in [0.15, 0.2) is 36.5 Å². The van der Waals surface area contributed by atoms with Crippen molar-refractivity contribution < 1.29 is 15.0 Å². The molecular weight excluding hydrogens is 494 g/mol. The van der Waals surface area contributed by atoms with Crippen molar-refractivity contribution in [1.29, 1.82) is 0 Å². The molecule has 234 valence electrons. The molecule has 0 aromatic rings. The maximum Gasteiger partial charge on any atom is 0.220 e. The van der Waals surface area contributed by atoms with Crippen LogP contribution in [0.3, 0.4) is 0 Å². The zero-order valence-corrected chi connectivity index (χ0v) is 26.6. The van der Waals surface area contributed by atoms with Crippen LogP contribution in [0.5, 0.6) is 0 Å². The molecule has 0 bridgehead atoms. The Morgan fingerprint density at radius 2 is 1.10 bits per heavy atom. The molecule has 0 aliphatic rings. The van der Waals surface area contributed by atoms with Gasteiger partial charge in [-0.25, -0.2) is 0 Å². The molecule has 0 saturated carbocycles. The van der Waals surface area contributed by atoms with Gasteiger partial charge < -0.3 is 15.5 Å². The molecular formula is C36H67NO3. The molecule has 1 amide bonds. The largest absolute Gasteiger partial charge is 0.394 e. The highest BCUT2D eigenvalue weighted by Crippen LogP contribution is 2.14. The van der Waals surface area contributed by atoms with Gasteiger partial charge in [-0.2, -0.15) is 0 Å². The van der Waals surface area contributed by atoms with Crippen molar-refractivity contribution in [3.63, 3.8) is 0 Å². The first-order valence-corrected chi connectivity index (χ1v) is 17.2. The predicted octanol–water partition coefficient (Wildman–Crippen LogP) is 9.90. The Morgan fingerprint density at radius 3 is 1.65 bits per heavy atom. The molecule has 0 unspecified atom stereocenters. The van der Waals surface area contributed by atoms with E-state index in [4.69, 9.17) is 0 Å². The van der Waals surface area contributed by atoms with Gasteiger partial charge in [0.1, 0.15) is 0 Å². The SMILES string of the molecule is CCC=CCC=CCC=CCCCCCCCC(=O)N[C@@H](CO)[C@H](O)CCCCCCCCCCCCCCC. The first-order chi connectivity index (χ1) is 19.7. The molecule has 40 heavy (non-hydrogen) atoms. The minimum Gasteiger partial charge on any atom is -0.394 e. The van der Waals surface area contributed by atoms with Crippen molar-refractivity contribution in [3.8, 4) is 0 Å². The maximum absolute atomic E-state index is 12.3. The summed E-state index contributed by atoms with van der Waals surface area (Å²) in [5, 5.41) is 23.0. The minimum atomic E-state index is -0.664. The maximum atomic E-state index is 12.3. The van der Waals surface area contributed by atoms with Crippen LogP contribution in [-0.4, -0.2) is 34.9 Å². The van der Waals surface area contributed by atoms with Gasteiger partial charge in [0.2, 0.25) is 5.91 Å². The molecule has 4 heteroatoms. The van der Waals surface area contributed by atoms with Gasteiger partial charge in [0.15, 0.2) is 0 Å². The lowest BCUT2D eigenvalue weighted by Gasteiger charge is -2.22. The summed E-state index contributed by atoms with van der Waals surface area (Å²) in [5.41, 5.74) is 0. The molecule has 0 aromatic heterocycles. The Hall–Kier alpha value is -1.39. The minimum absolute atomic E-state index is 0.0513. The fourth-order valence-electron chi connectivity index (χ4n) is 5.02. The van der Waals surface area contributed by atoms with E-state index < -0.39 is 12.1 Å². The summed E-state index contributed by atoms with van der Waals surface area (Å²) in [7, 11) is 0. The van der Waals surface area contributed by atoms with E-state index >= 15 is 0 Å². The van der Waals surface area contributed by atoms with Gasteiger partial charge in [0.25, 0.3) is 0 Å². The van der Waals surface area contributed by atoms with Gasteiger partial charge in [-0.15, -0.1) is 0 Å². The van der Waals surface area contributed by atoms with E-state index in [1.54, 1.807) is 0 Å². The monoisotopic (exact) mass is 562 g/mol. The van der Waals surface area contributed by atoms with Crippen LogP contribution in [0.2, 0.25) is 0 Å². The summed E-state index contributed by atoms with van der Waals surface area (Å²) in [6.07, 6.45) is 40.4. The van der Waals surface area contributed by atoms with Gasteiger partial charge in [-0.05, 0) is 44.9 Å². The smallest absolute Gasteiger partial charge is 0.220 e. The molecule has 0 saturated heterocycles. The molecule has 0 aromatic carbocycles. The summed E-state index contributed by atoms with van der Waals surface area (Å²) in [4.78, 5) is 12.3. The topological polar surface area (TPSA) is 69.6 Å². The highest BCUT2D eigenvalue weighted by atomic mass is 16.3.